The second-order valence-electron chi connectivity index (χ2n) is 4.34. The van der Waals surface area contributed by atoms with Crippen molar-refractivity contribution in [3.63, 3.8) is 0 Å². The first kappa shape index (κ1) is 12.9. The highest BCUT2D eigenvalue weighted by atomic mass is 16.5. The summed E-state index contributed by atoms with van der Waals surface area (Å²) in [6.45, 7) is 3.74. The van der Waals surface area contributed by atoms with Crippen LogP contribution in [0, 0.1) is 13.8 Å². The van der Waals surface area contributed by atoms with E-state index in [2.05, 4.69) is 5.10 Å². The number of benzene rings is 1. The van der Waals surface area contributed by atoms with Crippen molar-refractivity contribution in [1.29, 1.82) is 0 Å². The number of primary amides is 1. The largest absolute Gasteiger partial charge is 0.451 e. The van der Waals surface area contributed by atoms with Crippen molar-refractivity contribution in [3.05, 3.63) is 35.2 Å². The van der Waals surface area contributed by atoms with Crippen LogP contribution in [-0.4, -0.2) is 15.7 Å². The molecule has 0 saturated carbocycles. The number of rotatable bonds is 3. The monoisotopic (exact) mass is 260 g/mol. The summed E-state index contributed by atoms with van der Waals surface area (Å²) in [7, 11) is 1.83. The normalized spacial score (nSPS) is 10.5. The van der Waals surface area contributed by atoms with E-state index in [1.165, 1.54) is 6.07 Å². The van der Waals surface area contributed by atoms with Gasteiger partial charge in [0.15, 0.2) is 11.5 Å². The lowest BCUT2D eigenvalue weighted by atomic mass is 10.2. The molecule has 100 valence electrons. The van der Waals surface area contributed by atoms with E-state index in [-0.39, 0.29) is 0 Å². The molecule has 0 aliphatic rings. The van der Waals surface area contributed by atoms with Gasteiger partial charge in [-0.3, -0.25) is 9.48 Å². The summed E-state index contributed by atoms with van der Waals surface area (Å²) in [5.74, 6) is 0.510. The Morgan fingerprint density at radius 3 is 2.58 bits per heavy atom. The Kier molecular flexibility index (Phi) is 3.16. The van der Waals surface area contributed by atoms with Crippen LogP contribution in [0.1, 0.15) is 21.7 Å². The third-order valence-electron chi connectivity index (χ3n) is 2.95. The lowest BCUT2D eigenvalue weighted by Crippen LogP contribution is -2.11. The van der Waals surface area contributed by atoms with E-state index >= 15 is 0 Å². The minimum absolute atomic E-state index is 0.350. The van der Waals surface area contributed by atoms with Crippen molar-refractivity contribution < 1.29 is 9.53 Å². The first-order valence-electron chi connectivity index (χ1n) is 5.77. The standard InChI is InChI=1S/C13H16N4O2/c1-7-12(8(2)17(3)16-7)19-11-6-9(13(15)18)4-5-10(11)14/h4-6H,14H2,1-3H3,(H2,15,18). The van der Waals surface area contributed by atoms with Crippen molar-refractivity contribution in [2.75, 3.05) is 5.73 Å². The van der Waals surface area contributed by atoms with Crippen molar-refractivity contribution in [2.24, 2.45) is 12.8 Å². The molecule has 0 aliphatic carbocycles. The van der Waals surface area contributed by atoms with Gasteiger partial charge >= 0.3 is 0 Å². The Bertz CT molecular complexity index is 646. The Morgan fingerprint density at radius 1 is 1.37 bits per heavy atom. The highest BCUT2D eigenvalue weighted by Crippen LogP contribution is 2.32. The van der Waals surface area contributed by atoms with Gasteiger partial charge in [-0.05, 0) is 32.0 Å². The molecule has 0 bridgehead atoms. The van der Waals surface area contributed by atoms with E-state index in [1.54, 1.807) is 16.8 Å². The summed E-state index contributed by atoms with van der Waals surface area (Å²) >= 11 is 0. The maximum absolute atomic E-state index is 11.2. The maximum Gasteiger partial charge on any atom is 0.248 e. The quantitative estimate of drug-likeness (QED) is 0.817. The van der Waals surface area contributed by atoms with Gasteiger partial charge < -0.3 is 16.2 Å². The predicted octanol–water partition coefficient (Wildman–Crippen LogP) is 1.51. The number of ether oxygens (including phenoxy) is 1. The first-order chi connectivity index (χ1) is 8.90. The molecule has 6 nitrogen and oxygen atoms in total. The van der Waals surface area contributed by atoms with Crippen molar-refractivity contribution >= 4 is 11.6 Å². The summed E-state index contributed by atoms with van der Waals surface area (Å²) in [5.41, 5.74) is 13.5. The molecule has 2 aromatic rings. The number of nitrogen functional groups attached to an aromatic ring is 1. The van der Waals surface area contributed by atoms with Crippen LogP contribution in [0.4, 0.5) is 5.69 Å². The molecular weight excluding hydrogens is 244 g/mol. The number of carbonyl (C=O) groups excluding carboxylic acids is 1. The third kappa shape index (κ3) is 2.37. The number of nitrogens with two attached hydrogens (primary N) is 2. The summed E-state index contributed by atoms with van der Waals surface area (Å²) in [6, 6.07) is 4.69. The number of aryl methyl sites for hydroxylation is 2. The van der Waals surface area contributed by atoms with Crippen LogP contribution in [0.5, 0.6) is 11.5 Å². The van der Waals surface area contributed by atoms with Gasteiger partial charge in [-0.1, -0.05) is 0 Å². The van der Waals surface area contributed by atoms with Crippen LogP contribution in [0.3, 0.4) is 0 Å². The number of hydrogen-bond acceptors (Lipinski definition) is 4. The lowest BCUT2D eigenvalue weighted by molar-refractivity contribution is 0.1000. The zero-order valence-electron chi connectivity index (χ0n) is 11.1. The highest BCUT2D eigenvalue weighted by Gasteiger charge is 2.14. The van der Waals surface area contributed by atoms with Crippen LogP contribution in [0.2, 0.25) is 0 Å². The van der Waals surface area contributed by atoms with Gasteiger partial charge in [0.25, 0.3) is 0 Å². The van der Waals surface area contributed by atoms with Crippen molar-refractivity contribution in [1.82, 2.24) is 9.78 Å². The molecule has 0 unspecified atom stereocenters. The van der Waals surface area contributed by atoms with Crippen LogP contribution in [0.15, 0.2) is 18.2 Å². The molecule has 2 rings (SSSR count). The molecule has 0 atom stereocenters. The number of nitrogens with zero attached hydrogens (tertiary/aromatic N) is 2. The van der Waals surface area contributed by atoms with E-state index in [9.17, 15) is 4.79 Å². The highest BCUT2D eigenvalue weighted by molar-refractivity contribution is 5.93. The summed E-state index contributed by atoms with van der Waals surface area (Å²) in [6.07, 6.45) is 0. The molecule has 0 radical (unpaired) electrons. The second-order valence-corrected chi connectivity index (χ2v) is 4.34. The van der Waals surface area contributed by atoms with Crippen molar-refractivity contribution in [2.45, 2.75) is 13.8 Å². The molecule has 19 heavy (non-hydrogen) atoms. The molecule has 0 spiro atoms. The van der Waals surface area contributed by atoms with E-state index < -0.39 is 5.91 Å². The predicted molar refractivity (Wildman–Crippen MR) is 72.1 cm³/mol. The fourth-order valence-electron chi connectivity index (χ4n) is 1.79. The number of aromatic nitrogens is 2. The fraction of sp³-hybridized carbons (Fsp3) is 0.231. The molecule has 4 N–H and O–H groups in total. The fourth-order valence-corrected chi connectivity index (χ4v) is 1.79. The molecular formula is C13H16N4O2. The Balaban J connectivity index is 2.43. The Labute approximate surface area is 111 Å². The van der Waals surface area contributed by atoms with Crippen molar-refractivity contribution in [3.8, 4) is 11.5 Å². The smallest absolute Gasteiger partial charge is 0.248 e. The average molecular weight is 260 g/mol. The van der Waals surface area contributed by atoms with E-state index in [1.807, 2.05) is 20.9 Å². The molecule has 6 heteroatoms. The SMILES string of the molecule is Cc1nn(C)c(C)c1Oc1cc(C(N)=O)ccc1N. The van der Waals surface area contributed by atoms with Crippen LogP contribution < -0.4 is 16.2 Å². The number of amides is 1. The first-order valence-corrected chi connectivity index (χ1v) is 5.77. The average Bonchev–Trinajstić information content (AvgIpc) is 2.58. The van der Waals surface area contributed by atoms with Gasteiger partial charge in [0.05, 0.1) is 11.4 Å². The maximum atomic E-state index is 11.2. The van der Waals surface area contributed by atoms with Crippen LogP contribution in [-0.2, 0) is 7.05 Å². The van der Waals surface area contributed by atoms with Crippen LogP contribution in [0.25, 0.3) is 0 Å². The van der Waals surface area contributed by atoms with Gasteiger partial charge in [-0.25, -0.2) is 0 Å². The lowest BCUT2D eigenvalue weighted by Gasteiger charge is -2.09. The van der Waals surface area contributed by atoms with E-state index in [0.29, 0.717) is 22.7 Å². The summed E-state index contributed by atoms with van der Waals surface area (Å²) < 4.78 is 7.49. The third-order valence-corrected chi connectivity index (χ3v) is 2.95. The molecule has 0 aliphatic heterocycles. The van der Waals surface area contributed by atoms with Gasteiger partial charge in [0, 0.05) is 12.6 Å². The van der Waals surface area contributed by atoms with Gasteiger partial charge in [-0.2, -0.15) is 5.10 Å². The van der Waals surface area contributed by atoms with E-state index in [0.717, 1.165) is 11.4 Å². The minimum atomic E-state index is -0.524. The Hall–Kier alpha value is -2.50. The zero-order valence-corrected chi connectivity index (χ0v) is 11.1. The zero-order chi connectivity index (χ0) is 14.2. The molecule has 0 saturated heterocycles. The Morgan fingerprint density at radius 2 is 2.05 bits per heavy atom. The second kappa shape index (κ2) is 4.64. The molecule has 1 heterocycles. The number of hydrogen-bond donors (Lipinski definition) is 2. The number of anilines is 1. The molecule has 1 aromatic heterocycles. The van der Waals surface area contributed by atoms with Gasteiger partial charge in [-0.15, -0.1) is 0 Å². The molecule has 1 aromatic carbocycles. The number of carbonyl (C=O) groups is 1. The molecule has 1 amide bonds. The van der Waals surface area contributed by atoms with Gasteiger partial charge in [0.1, 0.15) is 5.69 Å². The summed E-state index contributed by atoms with van der Waals surface area (Å²) in [4.78, 5) is 11.2. The molecule has 0 fully saturated rings. The van der Waals surface area contributed by atoms with Crippen LogP contribution >= 0.6 is 0 Å². The summed E-state index contributed by atoms with van der Waals surface area (Å²) in [5, 5.41) is 4.25. The minimum Gasteiger partial charge on any atom is -0.451 e. The van der Waals surface area contributed by atoms with E-state index in [4.69, 9.17) is 16.2 Å². The van der Waals surface area contributed by atoms with Gasteiger partial charge in [0.2, 0.25) is 5.91 Å². The topological polar surface area (TPSA) is 96.2 Å².